The minimum absolute atomic E-state index is 0. The zero-order valence-electron chi connectivity index (χ0n) is 8.35. The van der Waals surface area contributed by atoms with Crippen LogP contribution in [0.15, 0.2) is 48.1 Å². The first-order valence-corrected chi connectivity index (χ1v) is 3.71. The van der Waals surface area contributed by atoms with Gasteiger partial charge in [0, 0.05) is 1.43 Å². The maximum atomic E-state index is 3.78. The van der Waals surface area contributed by atoms with E-state index in [9.17, 15) is 0 Å². The van der Waals surface area contributed by atoms with Crippen molar-refractivity contribution in [1.29, 1.82) is 0 Å². The van der Waals surface area contributed by atoms with Gasteiger partial charge in [-0.25, -0.2) is 0 Å². The molecular weight excluding hydrogens is 146 g/mol. The summed E-state index contributed by atoms with van der Waals surface area (Å²) in [6.07, 6.45) is 5.88. The van der Waals surface area contributed by atoms with Gasteiger partial charge in [-0.1, -0.05) is 42.5 Å². The maximum Gasteiger partial charge on any atom is 0 e. The van der Waals surface area contributed by atoms with Crippen molar-refractivity contribution in [1.82, 2.24) is 6.15 Å². The van der Waals surface area contributed by atoms with Gasteiger partial charge in [0.25, 0.3) is 0 Å². The van der Waals surface area contributed by atoms with Crippen molar-refractivity contribution in [2.24, 2.45) is 0 Å². The minimum atomic E-state index is 0. The topological polar surface area (TPSA) is 35.0 Å². The molecule has 0 rings (SSSR count). The Morgan fingerprint density at radius 2 is 1.67 bits per heavy atom. The fourth-order valence-electron chi connectivity index (χ4n) is 0.671. The largest absolute Gasteiger partial charge is 0.344 e. The molecule has 0 aliphatic heterocycles. The van der Waals surface area contributed by atoms with E-state index in [0.29, 0.717) is 0 Å². The second-order valence-electron chi connectivity index (χ2n) is 2.84. The monoisotopic (exact) mass is 167 g/mol. The lowest BCUT2D eigenvalue weighted by Crippen LogP contribution is -1.75. The highest BCUT2D eigenvalue weighted by molar-refractivity contribution is 5.35. The normalized spacial score (nSPS) is 8.92. The summed E-state index contributed by atoms with van der Waals surface area (Å²) in [5.41, 5.74) is 3.51. The Kier molecular flexibility index (Phi) is 7.45. The van der Waals surface area contributed by atoms with Crippen LogP contribution in [0, 0.1) is 0 Å². The van der Waals surface area contributed by atoms with Gasteiger partial charge < -0.3 is 6.15 Å². The summed E-state index contributed by atoms with van der Waals surface area (Å²) in [4.78, 5) is 0. The third kappa shape index (κ3) is 5.69. The highest BCUT2D eigenvalue weighted by Crippen LogP contribution is 2.06. The van der Waals surface area contributed by atoms with Crippen LogP contribution >= 0.6 is 0 Å². The molecule has 0 aromatic carbocycles. The zero-order chi connectivity index (χ0) is 8.85. The van der Waals surface area contributed by atoms with Gasteiger partial charge in [0.05, 0.1) is 0 Å². The molecule has 0 radical (unpaired) electrons. The van der Waals surface area contributed by atoms with E-state index in [1.54, 1.807) is 0 Å². The summed E-state index contributed by atoms with van der Waals surface area (Å²) in [5.74, 6) is 0. The lowest BCUT2D eigenvalue weighted by atomic mass is 10.1. The molecule has 0 atom stereocenters. The Balaban J connectivity index is -0.000000500. The van der Waals surface area contributed by atoms with E-state index in [0.717, 1.165) is 5.57 Å². The first kappa shape index (κ1) is 13.5. The molecule has 0 aromatic rings. The number of hydrogen-bond acceptors (Lipinski definition) is 1. The van der Waals surface area contributed by atoms with Gasteiger partial charge in [0.1, 0.15) is 0 Å². The Morgan fingerprint density at radius 1 is 1.17 bits per heavy atom. The van der Waals surface area contributed by atoms with Gasteiger partial charge in [-0.2, -0.15) is 0 Å². The Bertz CT molecular complexity index is 220. The molecular formula is C11H21N. The summed E-state index contributed by atoms with van der Waals surface area (Å²) in [6.45, 7) is 13.6. The Labute approximate surface area is 77.3 Å². The molecule has 0 heterocycles. The van der Waals surface area contributed by atoms with Crippen molar-refractivity contribution in [3.8, 4) is 0 Å². The molecule has 0 aromatic heterocycles. The molecule has 0 unspecified atom stereocenters. The van der Waals surface area contributed by atoms with Crippen LogP contribution < -0.4 is 6.15 Å². The average molecular weight is 167 g/mol. The van der Waals surface area contributed by atoms with Crippen molar-refractivity contribution in [2.75, 3.05) is 0 Å². The quantitative estimate of drug-likeness (QED) is 0.632. The number of rotatable bonds is 3. The molecule has 0 fully saturated rings. The SMILES string of the molecule is C=CC(/C=C\C(=C)C)=C(C)C.N.[HH]. The van der Waals surface area contributed by atoms with Crippen LogP contribution in [-0.2, 0) is 0 Å². The fraction of sp³-hybridized carbons (Fsp3) is 0.273. The standard InChI is InChI=1S/C11H16.H3N.H2/c1-6-11(10(4)5)8-7-9(2)3;;/h6-8H,1-2H2,3-5H3;1H3;1H/b8-7-;;. The minimum Gasteiger partial charge on any atom is -0.344 e. The molecule has 12 heavy (non-hydrogen) atoms. The molecule has 1 nitrogen and oxygen atoms in total. The van der Waals surface area contributed by atoms with Crippen molar-refractivity contribution in [3.05, 3.63) is 48.1 Å². The number of hydrogen-bond donors (Lipinski definition) is 1. The van der Waals surface area contributed by atoms with Crippen molar-refractivity contribution in [3.63, 3.8) is 0 Å². The Morgan fingerprint density at radius 3 is 1.92 bits per heavy atom. The summed E-state index contributed by atoms with van der Waals surface area (Å²) >= 11 is 0. The molecule has 0 saturated carbocycles. The van der Waals surface area contributed by atoms with Crippen molar-refractivity contribution in [2.45, 2.75) is 20.8 Å². The third-order valence-corrected chi connectivity index (χ3v) is 1.34. The molecule has 1 heteroatoms. The van der Waals surface area contributed by atoms with Gasteiger partial charge in [0.2, 0.25) is 0 Å². The van der Waals surface area contributed by atoms with Crippen LogP contribution in [0.5, 0.6) is 0 Å². The van der Waals surface area contributed by atoms with Crippen LogP contribution in [0.2, 0.25) is 0 Å². The van der Waals surface area contributed by atoms with E-state index in [4.69, 9.17) is 0 Å². The lowest BCUT2D eigenvalue weighted by molar-refractivity contribution is 1.34. The van der Waals surface area contributed by atoms with E-state index in [2.05, 4.69) is 27.0 Å². The first-order chi connectivity index (χ1) is 5.07. The smallest absolute Gasteiger partial charge is 0 e. The predicted molar refractivity (Wildman–Crippen MR) is 59.7 cm³/mol. The highest BCUT2D eigenvalue weighted by atomic mass is 14.0. The third-order valence-electron chi connectivity index (χ3n) is 1.34. The summed E-state index contributed by atoms with van der Waals surface area (Å²) in [5, 5.41) is 0. The van der Waals surface area contributed by atoms with Crippen molar-refractivity contribution >= 4 is 0 Å². The molecule has 0 aliphatic rings. The molecule has 70 valence electrons. The molecule has 0 aliphatic carbocycles. The van der Waals surface area contributed by atoms with Crippen LogP contribution in [0.1, 0.15) is 22.2 Å². The molecule has 0 spiro atoms. The van der Waals surface area contributed by atoms with E-state index in [-0.39, 0.29) is 7.58 Å². The molecule has 3 N–H and O–H groups in total. The molecule has 0 saturated heterocycles. The fourth-order valence-corrected chi connectivity index (χ4v) is 0.671. The summed E-state index contributed by atoms with van der Waals surface area (Å²) < 4.78 is 0. The van der Waals surface area contributed by atoms with E-state index >= 15 is 0 Å². The van der Waals surface area contributed by atoms with E-state index in [1.807, 2.05) is 25.2 Å². The van der Waals surface area contributed by atoms with Gasteiger partial charge in [-0.05, 0) is 26.3 Å². The van der Waals surface area contributed by atoms with Gasteiger partial charge in [-0.3, -0.25) is 0 Å². The van der Waals surface area contributed by atoms with Crippen LogP contribution in [-0.4, -0.2) is 0 Å². The molecule has 0 bridgehead atoms. The van der Waals surface area contributed by atoms with Gasteiger partial charge >= 0.3 is 0 Å². The van der Waals surface area contributed by atoms with E-state index < -0.39 is 0 Å². The maximum absolute atomic E-state index is 3.78. The number of allylic oxidation sites excluding steroid dienone is 6. The predicted octanol–water partition coefficient (Wildman–Crippen LogP) is 4.05. The first-order valence-electron chi connectivity index (χ1n) is 3.71. The highest BCUT2D eigenvalue weighted by Gasteiger charge is 1.86. The van der Waals surface area contributed by atoms with Crippen LogP contribution in [0.25, 0.3) is 0 Å². The Hall–Kier alpha value is -1.08. The van der Waals surface area contributed by atoms with Gasteiger partial charge in [-0.15, -0.1) is 0 Å². The lowest BCUT2D eigenvalue weighted by Gasteiger charge is -1.95. The van der Waals surface area contributed by atoms with Crippen molar-refractivity contribution < 1.29 is 1.43 Å². The summed E-state index contributed by atoms with van der Waals surface area (Å²) in [7, 11) is 0. The second-order valence-corrected chi connectivity index (χ2v) is 2.84. The van der Waals surface area contributed by atoms with Crippen LogP contribution in [0.4, 0.5) is 0 Å². The van der Waals surface area contributed by atoms with Gasteiger partial charge in [0.15, 0.2) is 0 Å². The summed E-state index contributed by atoms with van der Waals surface area (Å²) in [6, 6.07) is 0. The zero-order valence-corrected chi connectivity index (χ0v) is 8.35. The average Bonchev–Trinajstić information content (AvgIpc) is 1.87. The second kappa shape index (κ2) is 6.62. The van der Waals surface area contributed by atoms with E-state index in [1.165, 1.54) is 11.1 Å². The molecule has 0 amide bonds. The van der Waals surface area contributed by atoms with Crippen LogP contribution in [0.3, 0.4) is 0 Å².